The van der Waals surface area contributed by atoms with E-state index in [9.17, 15) is 9.18 Å². The fourth-order valence-corrected chi connectivity index (χ4v) is 1.56. The second-order valence-electron chi connectivity index (χ2n) is 3.66. The fourth-order valence-electron chi connectivity index (χ4n) is 1.56. The van der Waals surface area contributed by atoms with E-state index >= 15 is 0 Å². The third-order valence-corrected chi connectivity index (χ3v) is 2.44. The van der Waals surface area contributed by atoms with Gasteiger partial charge in [0.25, 0.3) is 0 Å². The van der Waals surface area contributed by atoms with Crippen LogP contribution in [-0.2, 0) is 0 Å². The van der Waals surface area contributed by atoms with Gasteiger partial charge in [-0.3, -0.25) is 4.79 Å². The van der Waals surface area contributed by atoms with Crippen LogP contribution in [0.2, 0.25) is 0 Å². The number of ketones is 1. The smallest absolute Gasteiger partial charge is 0.198 e. The first-order valence-corrected chi connectivity index (χ1v) is 5.04. The Bertz CT molecular complexity index is 581. The number of anilines is 2. The highest BCUT2D eigenvalue weighted by atomic mass is 19.1. The molecule has 0 aromatic heterocycles. The Labute approximate surface area is 97.9 Å². The molecule has 0 spiro atoms. The minimum Gasteiger partial charge on any atom is -0.399 e. The third kappa shape index (κ3) is 2.10. The Morgan fingerprint density at radius 1 is 1.00 bits per heavy atom. The summed E-state index contributed by atoms with van der Waals surface area (Å²) in [5, 5.41) is 0. The SMILES string of the molecule is Nc1ccc(N)c(C(=O)c2ccccc2F)c1. The van der Waals surface area contributed by atoms with E-state index < -0.39 is 11.6 Å². The summed E-state index contributed by atoms with van der Waals surface area (Å²) in [5.41, 5.74) is 12.2. The fraction of sp³-hybridized carbons (Fsp3) is 0. The van der Waals surface area contributed by atoms with E-state index in [1.54, 1.807) is 12.1 Å². The highest BCUT2D eigenvalue weighted by molar-refractivity contribution is 6.12. The van der Waals surface area contributed by atoms with Gasteiger partial charge in [-0.2, -0.15) is 0 Å². The van der Waals surface area contributed by atoms with E-state index in [0.29, 0.717) is 5.69 Å². The predicted molar refractivity (Wildman–Crippen MR) is 65.1 cm³/mol. The number of carbonyl (C=O) groups excluding carboxylic acids is 1. The van der Waals surface area contributed by atoms with Crippen LogP contribution in [0.4, 0.5) is 15.8 Å². The highest BCUT2D eigenvalue weighted by Gasteiger charge is 2.15. The van der Waals surface area contributed by atoms with Crippen molar-refractivity contribution in [3.05, 3.63) is 59.4 Å². The average Bonchev–Trinajstić information content (AvgIpc) is 2.32. The quantitative estimate of drug-likeness (QED) is 0.614. The number of nitrogen functional groups attached to an aromatic ring is 2. The zero-order chi connectivity index (χ0) is 12.4. The van der Waals surface area contributed by atoms with Crippen LogP contribution in [0.5, 0.6) is 0 Å². The van der Waals surface area contributed by atoms with Crippen molar-refractivity contribution < 1.29 is 9.18 Å². The molecule has 0 fully saturated rings. The molecule has 3 nitrogen and oxygen atoms in total. The van der Waals surface area contributed by atoms with Crippen molar-refractivity contribution in [3.63, 3.8) is 0 Å². The molecule has 0 saturated carbocycles. The van der Waals surface area contributed by atoms with Crippen molar-refractivity contribution in [1.29, 1.82) is 0 Å². The van der Waals surface area contributed by atoms with Gasteiger partial charge in [0.05, 0.1) is 5.56 Å². The summed E-state index contributed by atoms with van der Waals surface area (Å²) in [7, 11) is 0. The molecule has 2 aromatic carbocycles. The molecule has 2 aromatic rings. The van der Waals surface area contributed by atoms with Crippen LogP contribution in [-0.4, -0.2) is 5.78 Å². The largest absolute Gasteiger partial charge is 0.399 e. The lowest BCUT2D eigenvalue weighted by atomic mass is 10.0. The average molecular weight is 230 g/mol. The summed E-state index contributed by atoms with van der Waals surface area (Å²) in [6.07, 6.45) is 0. The van der Waals surface area contributed by atoms with Crippen molar-refractivity contribution in [1.82, 2.24) is 0 Å². The zero-order valence-corrected chi connectivity index (χ0v) is 8.98. The van der Waals surface area contributed by atoms with Crippen LogP contribution in [0.3, 0.4) is 0 Å². The number of benzene rings is 2. The second kappa shape index (κ2) is 4.25. The highest BCUT2D eigenvalue weighted by Crippen LogP contribution is 2.20. The maximum atomic E-state index is 13.5. The van der Waals surface area contributed by atoms with Crippen LogP contribution in [0.25, 0.3) is 0 Å². The summed E-state index contributed by atoms with van der Waals surface area (Å²) < 4.78 is 13.5. The van der Waals surface area contributed by atoms with Gasteiger partial charge in [-0.25, -0.2) is 4.39 Å². The van der Waals surface area contributed by atoms with E-state index in [2.05, 4.69) is 0 Å². The van der Waals surface area contributed by atoms with Gasteiger partial charge in [0.1, 0.15) is 5.82 Å². The predicted octanol–water partition coefficient (Wildman–Crippen LogP) is 2.22. The third-order valence-electron chi connectivity index (χ3n) is 2.44. The van der Waals surface area contributed by atoms with Crippen molar-refractivity contribution >= 4 is 17.2 Å². The molecule has 0 unspecified atom stereocenters. The van der Waals surface area contributed by atoms with E-state index in [-0.39, 0.29) is 16.8 Å². The Morgan fingerprint density at radius 3 is 2.41 bits per heavy atom. The Balaban J connectivity index is 2.51. The maximum absolute atomic E-state index is 13.5. The number of nitrogens with two attached hydrogens (primary N) is 2. The summed E-state index contributed by atoms with van der Waals surface area (Å²) >= 11 is 0. The molecule has 0 bridgehead atoms. The normalized spacial score (nSPS) is 10.2. The molecule has 0 amide bonds. The first-order valence-electron chi connectivity index (χ1n) is 5.04. The second-order valence-corrected chi connectivity index (χ2v) is 3.66. The molecule has 0 aliphatic rings. The molecular weight excluding hydrogens is 219 g/mol. The molecule has 0 aliphatic carbocycles. The number of hydrogen-bond acceptors (Lipinski definition) is 3. The lowest BCUT2D eigenvalue weighted by Crippen LogP contribution is -2.08. The molecule has 4 heteroatoms. The number of rotatable bonds is 2. The van der Waals surface area contributed by atoms with Crippen molar-refractivity contribution in [2.45, 2.75) is 0 Å². The van der Waals surface area contributed by atoms with Gasteiger partial charge in [0, 0.05) is 16.9 Å². The molecule has 0 heterocycles. The topological polar surface area (TPSA) is 69.1 Å². The van der Waals surface area contributed by atoms with Gasteiger partial charge < -0.3 is 11.5 Å². The summed E-state index contributed by atoms with van der Waals surface area (Å²) in [6.45, 7) is 0. The maximum Gasteiger partial charge on any atom is 0.198 e. The lowest BCUT2D eigenvalue weighted by Gasteiger charge is -2.06. The Hall–Kier alpha value is -2.36. The Morgan fingerprint density at radius 2 is 1.71 bits per heavy atom. The van der Waals surface area contributed by atoms with Crippen LogP contribution < -0.4 is 11.5 Å². The zero-order valence-electron chi connectivity index (χ0n) is 8.98. The Kier molecular flexibility index (Phi) is 2.78. The van der Waals surface area contributed by atoms with Crippen LogP contribution in [0, 0.1) is 5.82 Å². The van der Waals surface area contributed by atoms with Crippen molar-refractivity contribution in [2.75, 3.05) is 11.5 Å². The number of halogens is 1. The molecule has 0 atom stereocenters. The van der Waals surface area contributed by atoms with Crippen molar-refractivity contribution in [2.24, 2.45) is 0 Å². The molecule has 0 aliphatic heterocycles. The molecule has 86 valence electrons. The van der Waals surface area contributed by atoms with E-state index in [4.69, 9.17) is 11.5 Å². The van der Waals surface area contributed by atoms with Gasteiger partial charge in [-0.1, -0.05) is 12.1 Å². The standard InChI is InChI=1S/C13H11FN2O/c14-11-4-2-1-3-9(11)13(17)10-7-8(15)5-6-12(10)16/h1-7H,15-16H2. The van der Waals surface area contributed by atoms with Gasteiger partial charge in [-0.05, 0) is 30.3 Å². The first kappa shape index (κ1) is 11.1. The summed E-state index contributed by atoms with van der Waals surface area (Å²) in [5.74, 6) is -1.03. The van der Waals surface area contributed by atoms with Gasteiger partial charge in [0.15, 0.2) is 5.78 Å². The lowest BCUT2D eigenvalue weighted by molar-refractivity contribution is 0.103. The van der Waals surface area contributed by atoms with E-state index in [0.717, 1.165) is 0 Å². The van der Waals surface area contributed by atoms with Gasteiger partial charge >= 0.3 is 0 Å². The minimum atomic E-state index is -0.570. The number of hydrogen-bond donors (Lipinski definition) is 2. The van der Waals surface area contributed by atoms with Crippen LogP contribution >= 0.6 is 0 Å². The van der Waals surface area contributed by atoms with E-state index in [1.165, 1.54) is 30.3 Å². The molecule has 0 radical (unpaired) electrons. The molecule has 4 N–H and O–H groups in total. The molecular formula is C13H11FN2O. The van der Waals surface area contributed by atoms with Crippen LogP contribution in [0.15, 0.2) is 42.5 Å². The van der Waals surface area contributed by atoms with E-state index in [1.807, 2.05) is 0 Å². The van der Waals surface area contributed by atoms with Crippen molar-refractivity contribution in [3.8, 4) is 0 Å². The summed E-state index contributed by atoms with van der Waals surface area (Å²) in [4.78, 5) is 12.1. The molecule has 17 heavy (non-hydrogen) atoms. The van der Waals surface area contributed by atoms with Gasteiger partial charge in [-0.15, -0.1) is 0 Å². The molecule has 2 rings (SSSR count). The van der Waals surface area contributed by atoms with Gasteiger partial charge in [0.2, 0.25) is 0 Å². The monoisotopic (exact) mass is 230 g/mol. The van der Waals surface area contributed by atoms with Crippen LogP contribution in [0.1, 0.15) is 15.9 Å². The summed E-state index contributed by atoms with van der Waals surface area (Å²) in [6, 6.07) is 10.3. The number of carbonyl (C=O) groups is 1. The minimum absolute atomic E-state index is 0.00944. The first-order chi connectivity index (χ1) is 8.09. The molecule has 0 saturated heterocycles.